The minimum absolute atomic E-state index is 0.229. The number of nitrogens with one attached hydrogen (secondary N) is 1. The van der Waals surface area contributed by atoms with Crippen molar-refractivity contribution in [3.63, 3.8) is 0 Å². The van der Waals surface area contributed by atoms with Crippen molar-refractivity contribution in [3.8, 4) is 17.2 Å². The van der Waals surface area contributed by atoms with Crippen molar-refractivity contribution in [2.45, 2.75) is 31.8 Å². The number of hydrazone groups is 1. The minimum atomic E-state index is -0.269. The number of benzene rings is 2. The first-order valence-electron chi connectivity index (χ1n) is 8.78. The van der Waals surface area contributed by atoms with E-state index in [4.69, 9.17) is 14.2 Å². The van der Waals surface area contributed by atoms with E-state index in [9.17, 15) is 4.79 Å². The Hall–Kier alpha value is -3.02. The van der Waals surface area contributed by atoms with Gasteiger partial charge in [0, 0.05) is 5.56 Å². The van der Waals surface area contributed by atoms with Crippen molar-refractivity contribution < 1.29 is 19.0 Å². The summed E-state index contributed by atoms with van der Waals surface area (Å²) in [4.78, 5) is 12.2. The summed E-state index contributed by atoms with van der Waals surface area (Å²) in [5.74, 6) is 1.93. The van der Waals surface area contributed by atoms with Crippen LogP contribution in [-0.4, -0.2) is 25.0 Å². The Balaban J connectivity index is 1.32. The Bertz CT molecular complexity index is 811. The van der Waals surface area contributed by atoms with E-state index < -0.39 is 0 Å². The predicted molar refractivity (Wildman–Crippen MR) is 97.0 cm³/mol. The standard InChI is InChI=1S/C20H20N2O4/c23-20(15-6-8-17(9-7-15)26-16-3-1-2-4-16)22-21-12-14-5-10-18-19(11-14)25-13-24-18/h5-12,16H,1-4,13H2,(H,22,23)/b21-12-. The zero-order valence-electron chi connectivity index (χ0n) is 14.3. The quantitative estimate of drug-likeness (QED) is 0.660. The van der Waals surface area contributed by atoms with Gasteiger partial charge in [0.25, 0.3) is 5.91 Å². The maximum Gasteiger partial charge on any atom is 0.271 e. The molecule has 4 rings (SSSR count). The molecule has 0 spiro atoms. The molecule has 1 heterocycles. The molecule has 1 aliphatic carbocycles. The van der Waals surface area contributed by atoms with Crippen LogP contribution in [-0.2, 0) is 0 Å². The molecule has 26 heavy (non-hydrogen) atoms. The Kier molecular flexibility index (Phi) is 4.73. The van der Waals surface area contributed by atoms with E-state index in [1.165, 1.54) is 12.8 Å². The zero-order valence-corrected chi connectivity index (χ0v) is 14.3. The molecule has 6 nitrogen and oxygen atoms in total. The molecule has 1 amide bonds. The summed E-state index contributed by atoms with van der Waals surface area (Å²) in [6.07, 6.45) is 6.55. The van der Waals surface area contributed by atoms with E-state index in [1.807, 2.05) is 30.3 Å². The fraction of sp³-hybridized carbons (Fsp3) is 0.300. The van der Waals surface area contributed by atoms with E-state index in [2.05, 4.69) is 10.5 Å². The van der Waals surface area contributed by atoms with Crippen molar-refractivity contribution in [2.75, 3.05) is 6.79 Å². The SMILES string of the molecule is O=C(N/N=C\c1ccc2c(c1)OCO2)c1ccc(OC2CCCC2)cc1. The van der Waals surface area contributed by atoms with Gasteiger partial charge in [0.05, 0.1) is 12.3 Å². The largest absolute Gasteiger partial charge is 0.490 e. The number of fused-ring (bicyclic) bond motifs is 1. The molecular formula is C20H20N2O4. The van der Waals surface area contributed by atoms with Gasteiger partial charge in [0.2, 0.25) is 6.79 Å². The minimum Gasteiger partial charge on any atom is -0.490 e. The lowest BCUT2D eigenvalue weighted by Crippen LogP contribution is -2.17. The van der Waals surface area contributed by atoms with Crippen LogP contribution in [0.25, 0.3) is 0 Å². The van der Waals surface area contributed by atoms with Crippen LogP contribution in [0.15, 0.2) is 47.6 Å². The van der Waals surface area contributed by atoms with Crippen molar-refractivity contribution >= 4 is 12.1 Å². The number of carbonyl (C=O) groups is 1. The average Bonchev–Trinajstić information content (AvgIpc) is 3.33. The third-order valence-electron chi connectivity index (χ3n) is 4.50. The molecule has 0 bridgehead atoms. The lowest BCUT2D eigenvalue weighted by Gasteiger charge is -2.12. The molecule has 2 aromatic rings. The first-order chi connectivity index (χ1) is 12.8. The second-order valence-electron chi connectivity index (χ2n) is 6.36. The maximum absolute atomic E-state index is 12.2. The summed E-state index contributed by atoms with van der Waals surface area (Å²) < 4.78 is 16.5. The van der Waals surface area contributed by atoms with Crippen LogP contribution in [0, 0.1) is 0 Å². The lowest BCUT2D eigenvalue weighted by atomic mass is 10.2. The molecule has 0 unspecified atom stereocenters. The molecule has 134 valence electrons. The van der Waals surface area contributed by atoms with Crippen molar-refractivity contribution in [2.24, 2.45) is 5.10 Å². The van der Waals surface area contributed by atoms with Gasteiger partial charge in [-0.05, 0) is 73.7 Å². The fourth-order valence-electron chi connectivity index (χ4n) is 3.11. The van der Waals surface area contributed by atoms with Crippen LogP contribution in [0.5, 0.6) is 17.2 Å². The van der Waals surface area contributed by atoms with Crippen molar-refractivity contribution in [1.82, 2.24) is 5.43 Å². The Labute approximate surface area is 151 Å². The normalized spacial score (nSPS) is 16.2. The summed E-state index contributed by atoms with van der Waals surface area (Å²) in [6.45, 7) is 0.229. The second-order valence-corrected chi connectivity index (χ2v) is 6.36. The van der Waals surface area contributed by atoms with Crippen LogP contribution in [0.4, 0.5) is 0 Å². The van der Waals surface area contributed by atoms with Crippen LogP contribution in [0.3, 0.4) is 0 Å². The van der Waals surface area contributed by atoms with Crippen LogP contribution < -0.4 is 19.6 Å². The van der Waals surface area contributed by atoms with Gasteiger partial charge in [-0.25, -0.2) is 5.43 Å². The lowest BCUT2D eigenvalue weighted by molar-refractivity contribution is 0.0955. The number of rotatable bonds is 5. The topological polar surface area (TPSA) is 69.2 Å². The average molecular weight is 352 g/mol. The molecule has 1 aliphatic heterocycles. The molecular weight excluding hydrogens is 332 g/mol. The number of carbonyl (C=O) groups excluding carboxylic acids is 1. The monoisotopic (exact) mass is 352 g/mol. The van der Waals surface area contributed by atoms with Gasteiger partial charge in [-0.2, -0.15) is 5.10 Å². The highest BCUT2D eigenvalue weighted by Crippen LogP contribution is 2.32. The summed E-state index contributed by atoms with van der Waals surface area (Å²) in [6, 6.07) is 12.6. The second kappa shape index (κ2) is 7.47. The first kappa shape index (κ1) is 16.4. The Morgan fingerprint density at radius 2 is 1.85 bits per heavy atom. The zero-order chi connectivity index (χ0) is 17.8. The molecule has 0 atom stereocenters. The van der Waals surface area contributed by atoms with Crippen molar-refractivity contribution in [3.05, 3.63) is 53.6 Å². The molecule has 0 radical (unpaired) electrons. The van der Waals surface area contributed by atoms with Gasteiger partial charge in [0.1, 0.15) is 5.75 Å². The summed E-state index contributed by atoms with van der Waals surface area (Å²) in [5.41, 5.74) is 3.87. The van der Waals surface area contributed by atoms with Gasteiger partial charge >= 0.3 is 0 Å². The van der Waals surface area contributed by atoms with E-state index in [1.54, 1.807) is 18.3 Å². The number of ether oxygens (including phenoxy) is 3. The number of hydrogen-bond acceptors (Lipinski definition) is 5. The first-order valence-corrected chi connectivity index (χ1v) is 8.78. The third kappa shape index (κ3) is 3.79. The molecule has 0 saturated heterocycles. The van der Waals surface area contributed by atoms with Gasteiger partial charge < -0.3 is 14.2 Å². The highest BCUT2D eigenvalue weighted by atomic mass is 16.7. The predicted octanol–water partition coefficient (Wildman–Crippen LogP) is 3.50. The fourth-order valence-corrected chi connectivity index (χ4v) is 3.11. The molecule has 0 aromatic heterocycles. The summed E-state index contributed by atoms with van der Waals surface area (Å²) >= 11 is 0. The Morgan fingerprint density at radius 1 is 1.08 bits per heavy atom. The third-order valence-corrected chi connectivity index (χ3v) is 4.50. The van der Waals surface area contributed by atoms with E-state index >= 15 is 0 Å². The Morgan fingerprint density at radius 3 is 2.65 bits per heavy atom. The highest BCUT2D eigenvalue weighted by molar-refractivity contribution is 5.95. The van der Waals surface area contributed by atoms with Gasteiger partial charge in [-0.3, -0.25) is 4.79 Å². The van der Waals surface area contributed by atoms with Crippen molar-refractivity contribution in [1.29, 1.82) is 0 Å². The molecule has 1 N–H and O–H groups in total. The van der Waals surface area contributed by atoms with Crippen LogP contribution in [0.2, 0.25) is 0 Å². The molecule has 2 aromatic carbocycles. The number of hydrogen-bond donors (Lipinski definition) is 1. The van der Waals surface area contributed by atoms with Crippen LogP contribution >= 0.6 is 0 Å². The molecule has 1 saturated carbocycles. The van der Waals surface area contributed by atoms with Gasteiger partial charge in [0.15, 0.2) is 11.5 Å². The van der Waals surface area contributed by atoms with E-state index in [0.717, 1.165) is 24.2 Å². The van der Waals surface area contributed by atoms with Crippen LogP contribution in [0.1, 0.15) is 41.6 Å². The maximum atomic E-state index is 12.2. The number of amides is 1. The summed E-state index contributed by atoms with van der Waals surface area (Å²) in [5, 5.41) is 4.00. The molecule has 2 aliphatic rings. The smallest absolute Gasteiger partial charge is 0.271 e. The van der Waals surface area contributed by atoms with E-state index in [0.29, 0.717) is 23.2 Å². The molecule has 6 heteroatoms. The van der Waals surface area contributed by atoms with Gasteiger partial charge in [-0.1, -0.05) is 0 Å². The van der Waals surface area contributed by atoms with Gasteiger partial charge in [-0.15, -0.1) is 0 Å². The summed E-state index contributed by atoms with van der Waals surface area (Å²) in [7, 11) is 0. The number of nitrogens with zero attached hydrogens (tertiary/aromatic N) is 1. The molecule has 1 fully saturated rings. The van der Waals surface area contributed by atoms with E-state index in [-0.39, 0.29) is 12.7 Å². The highest BCUT2D eigenvalue weighted by Gasteiger charge is 2.16.